The number of rotatable bonds is 7. The molecule has 5 N–H and O–H groups in total. The highest BCUT2D eigenvalue weighted by Crippen LogP contribution is 2.10. The number of piperidine rings is 1. The van der Waals surface area contributed by atoms with E-state index in [1.165, 1.54) is 25.3 Å². The van der Waals surface area contributed by atoms with Gasteiger partial charge < -0.3 is 21.4 Å². The number of hydrogen-bond acceptors (Lipinski definition) is 7. The zero-order valence-electron chi connectivity index (χ0n) is 14.6. The first-order valence-corrected chi connectivity index (χ1v) is 8.87. The van der Waals surface area contributed by atoms with Gasteiger partial charge >= 0.3 is 0 Å². The maximum Gasteiger partial charge on any atom is 0.273 e. The van der Waals surface area contributed by atoms with Crippen LogP contribution in [0.1, 0.15) is 42.0 Å². The molecule has 3 rings (SSSR count). The normalized spacial score (nSPS) is 17.2. The summed E-state index contributed by atoms with van der Waals surface area (Å²) < 4.78 is 1.70. The van der Waals surface area contributed by atoms with Crippen molar-refractivity contribution in [2.24, 2.45) is 0 Å². The van der Waals surface area contributed by atoms with Crippen LogP contribution in [0.5, 0.6) is 0 Å². The molecule has 1 aliphatic heterocycles. The van der Waals surface area contributed by atoms with Gasteiger partial charge in [-0.2, -0.15) is 0 Å². The average Bonchev–Trinajstić information content (AvgIpc) is 3.09. The van der Waals surface area contributed by atoms with Gasteiger partial charge in [0.05, 0.1) is 6.20 Å². The van der Waals surface area contributed by atoms with Crippen molar-refractivity contribution in [3.05, 3.63) is 34.1 Å². The third-order valence-corrected chi connectivity index (χ3v) is 4.35. The zero-order valence-corrected chi connectivity index (χ0v) is 14.6. The molecule has 0 saturated carbocycles. The molecular weight excluding hydrogens is 336 g/mol. The highest BCUT2D eigenvalue weighted by molar-refractivity contribution is 5.91. The summed E-state index contributed by atoms with van der Waals surface area (Å²) in [4.78, 5) is 30.0. The van der Waals surface area contributed by atoms with Crippen molar-refractivity contribution in [1.29, 1.82) is 0 Å². The van der Waals surface area contributed by atoms with Gasteiger partial charge in [-0.1, -0.05) is 11.6 Å². The molecule has 0 radical (unpaired) electrons. The Balaban J connectivity index is 1.44. The number of aryl methyl sites for hydroxylation is 1. The monoisotopic (exact) mass is 360 g/mol. The molecule has 0 spiro atoms. The van der Waals surface area contributed by atoms with Crippen LogP contribution in [0.25, 0.3) is 0 Å². The van der Waals surface area contributed by atoms with Gasteiger partial charge in [-0.3, -0.25) is 14.3 Å². The first-order chi connectivity index (χ1) is 12.6. The highest BCUT2D eigenvalue weighted by atomic mass is 16.2. The number of nitrogens with one attached hydrogen (secondary N) is 3. The van der Waals surface area contributed by atoms with Crippen molar-refractivity contribution in [3.8, 4) is 0 Å². The van der Waals surface area contributed by atoms with Gasteiger partial charge in [-0.15, -0.1) is 5.10 Å². The van der Waals surface area contributed by atoms with Crippen LogP contribution in [0.3, 0.4) is 0 Å². The van der Waals surface area contributed by atoms with Crippen LogP contribution in [0.2, 0.25) is 0 Å². The Morgan fingerprint density at radius 1 is 1.42 bits per heavy atom. The predicted molar refractivity (Wildman–Crippen MR) is 95.6 cm³/mol. The van der Waals surface area contributed by atoms with E-state index in [1.807, 2.05) is 0 Å². The maximum absolute atomic E-state index is 12.1. The van der Waals surface area contributed by atoms with Crippen molar-refractivity contribution in [1.82, 2.24) is 35.6 Å². The number of anilines is 1. The molecule has 26 heavy (non-hydrogen) atoms. The summed E-state index contributed by atoms with van der Waals surface area (Å²) in [6.45, 7) is 2.11. The fourth-order valence-corrected chi connectivity index (χ4v) is 3.00. The fourth-order valence-electron chi connectivity index (χ4n) is 3.00. The van der Waals surface area contributed by atoms with Crippen LogP contribution in [-0.4, -0.2) is 50.0 Å². The minimum absolute atomic E-state index is 0.158. The van der Waals surface area contributed by atoms with Crippen molar-refractivity contribution < 1.29 is 4.79 Å². The van der Waals surface area contributed by atoms with E-state index in [0.717, 1.165) is 19.5 Å². The Hall–Kier alpha value is -2.75. The smallest absolute Gasteiger partial charge is 0.273 e. The second-order valence-electron chi connectivity index (χ2n) is 6.43. The summed E-state index contributed by atoms with van der Waals surface area (Å²) in [5.74, 6) is 0.280. The molecule has 1 aliphatic rings. The summed E-state index contributed by atoms with van der Waals surface area (Å²) in [7, 11) is 0. The van der Waals surface area contributed by atoms with Crippen molar-refractivity contribution >= 4 is 11.7 Å². The molecule has 1 amide bonds. The van der Waals surface area contributed by atoms with Gasteiger partial charge in [-0.25, -0.2) is 4.98 Å². The number of nitrogens with zero attached hydrogens (tertiary/aromatic N) is 4. The number of H-pyrrole nitrogens is 1. The van der Waals surface area contributed by atoms with Crippen molar-refractivity contribution in [3.63, 3.8) is 0 Å². The topological polar surface area (TPSA) is 144 Å². The van der Waals surface area contributed by atoms with E-state index in [9.17, 15) is 9.59 Å². The van der Waals surface area contributed by atoms with Crippen LogP contribution >= 0.6 is 0 Å². The van der Waals surface area contributed by atoms with E-state index in [0.29, 0.717) is 24.8 Å². The number of amides is 1. The lowest BCUT2D eigenvalue weighted by Gasteiger charge is -2.23. The van der Waals surface area contributed by atoms with Crippen LogP contribution in [0.15, 0.2) is 17.1 Å². The quantitative estimate of drug-likeness (QED) is 0.518. The lowest BCUT2D eigenvalue weighted by molar-refractivity contribution is 0.0949. The van der Waals surface area contributed by atoms with Crippen LogP contribution in [0.4, 0.5) is 5.82 Å². The number of carbonyl (C=O) groups is 1. The molecule has 10 nitrogen and oxygen atoms in total. The van der Waals surface area contributed by atoms with Crippen LogP contribution in [0, 0.1) is 0 Å². The zero-order chi connectivity index (χ0) is 18.4. The van der Waals surface area contributed by atoms with Gasteiger partial charge in [0.15, 0.2) is 5.69 Å². The molecule has 0 aliphatic carbocycles. The van der Waals surface area contributed by atoms with Gasteiger partial charge in [0.25, 0.3) is 11.5 Å². The Kier molecular flexibility index (Phi) is 5.95. The average molecular weight is 360 g/mol. The van der Waals surface area contributed by atoms with E-state index in [2.05, 4.69) is 30.9 Å². The molecule has 140 valence electrons. The van der Waals surface area contributed by atoms with E-state index in [1.54, 1.807) is 10.9 Å². The van der Waals surface area contributed by atoms with Gasteiger partial charge in [0, 0.05) is 31.6 Å². The summed E-state index contributed by atoms with van der Waals surface area (Å²) in [5.41, 5.74) is 5.49. The third kappa shape index (κ3) is 5.12. The fraction of sp³-hybridized carbons (Fsp3) is 0.562. The van der Waals surface area contributed by atoms with E-state index in [4.69, 9.17) is 5.73 Å². The highest BCUT2D eigenvalue weighted by Gasteiger charge is 2.14. The number of nitrogen functional groups attached to an aromatic ring is 1. The van der Waals surface area contributed by atoms with Crippen LogP contribution < -0.4 is 21.9 Å². The molecule has 1 fully saturated rings. The lowest BCUT2D eigenvalue weighted by Crippen LogP contribution is -2.34. The molecular formula is C16H24N8O2. The molecule has 2 aromatic heterocycles. The van der Waals surface area contributed by atoms with E-state index in [-0.39, 0.29) is 23.0 Å². The Labute approximate surface area is 150 Å². The third-order valence-electron chi connectivity index (χ3n) is 4.35. The molecule has 0 aromatic carbocycles. The SMILES string of the molecule is Nc1cc(=O)[nH]c(CCNC(=O)c2cn(CC[C@H]3CCCCN3)nn2)n1. The van der Waals surface area contributed by atoms with Gasteiger partial charge in [0.2, 0.25) is 0 Å². The molecule has 2 aromatic rings. The number of nitrogens with two attached hydrogens (primary N) is 1. The number of aromatic amines is 1. The minimum atomic E-state index is -0.311. The Bertz CT molecular complexity index is 794. The first kappa shape index (κ1) is 18.1. The Morgan fingerprint density at radius 2 is 2.31 bits per heavy atom. The summed E-state index contributed by atoms with van der Waals surface area (Å²) in [6.07, 6.45) is 6.67. The Morgan fingerprint density at radius 3 is 3.08 bits per heavy atom. The number of hydrogen-bond donors (Lipinski definition) is 4. The number of carbonyl (C=O) groups excluding carboxylic acids is 1. The van der Waals surface area contributed by atoms with E-state index < -0.39 is 0 Å². The summed E-state index contributed by atoms with van der Waals surface area (Å²) in [6, 6.07) is 1.72. The molecule has 0 bridgehead atoms. The maximum atomic E-state index is 12.1. The summed E-state index contributed by atoms with van der Waals surface area (Å²) >= 11 is 0. The molecule has 3 heterocycles. The second-order valence-corrected chi connectivity index (χ2v) is 6.43. The van der Waals surface area contributed by atoms with Gasteiger partial charge in [-0.05, 0) is 25.8 Å². The molecule has 1 atom stereocenters. The van der Waals surface area contributed by atoms with Crippen molar-refractivity contribution in [2.45, 2.75) is 44.7 Å². The van der Waals surface area contributed by atoms with Crippen molar-refractivity contribution in [2.75, 3.05) is 18.8 Å². The minimum Gasteiger partial charge on any atom is -0.383 e. The predicted octanol–water partition coefficient (Wildman–Crippen LogP) is -0.552. The molecule has 1 saturated heterocycles. The van der Waals surface area contributed by atoms with E-state index >= 15 is 0 Å². The largest absolute Gasteiger partial charge is 0.383 e. The van der Waals surface area contributed by atoms with Crippen LogP contribution in [-0.2, 0) is 13.0 Å². The number of aromatic nitrogens is 5. The molecule has 0 unspecified atom stereocenters. The summed E-state index contributed by atoms with van der Waals surface area (Å²) in [5, 5.41) is 14.2. The molecule has 10 heteroatoms. The first-order valence-electron chi connectivity index (χ1n) is 8.87. The standard InChI is InChI=1S/C16H24N8O2/c17-13-9-15(25)21-14(20-13)4-7-19-16(26)12-10-24(23-22-12)8-5-11-3-1-2-6-18-11/h9-11,18H,1-8H2,(H,19,26)(H3,17,20,21,25)/t11-/m1/s1. The lowest BCUT2D eigenvalue weighted by atomic mass is 10.0. The second kappa shape index (κ2) is 8.56. The van der Waals surface area contributed by atoms with Gasteiger partial charge in [0.1, 0.15) is 11.6 Å².